The number of anilines is 1. The maximum atomic E-state index is 13.4. The molecule has 35 heavy (non-hydrogen) atoms. The summed E-state index contributed by atoms with van der Waals surface area (Å²) in [6.45, 7) is 3.63. The summed E-state index contributed by atoms with van der Waals surface area (Å²) in [5.74, 6) is -1.32. The molecule has 4 rings (SSSR count). The largest absolute Gasteiger partial charge is 0.433 e. The third-order valence-corrected chi connectivity index (χ3v) is 5.84. The predicted molar refractivity (Wildman–Crippen MR) is 126 cm³/mol. The van der Waals surface area contributed by atoms with Gasteiger partial charge >= 0.3 is 6.18 Å². The van der Waals surface area contributed by atoms with Crippen molar-refractivity contribution in [3.8, 4) is 0 Å². The Morgan fingerprint density at radius 1 is 1.14 bits per heavy atom. The van der Waals surface area contributed by atoms with Crippen LogP contribution in [0.1, 0.15) is 43.5 Å². The number of amides is 2. The van der Waals surface area contributed by atoms with Gasteiger partial charge in [0.25, 0.3) is 5.91 Å². The molecule has 8 nitrogen and oxygen atoms in total. The molecule has 1 aromatic carbocycles. The van der Waals surface area contributed by atoms with Gasteiger partial charge in [0.05, 0.1) is 46.0 Å². The number of hydrogen-bond acceptors (Lipinski definition) is 5. The van der Waals surface area contributed by atoms with Crippen molar-refractivity contribution in [2.24, 2.45) is 5.73 Å². The predicted octanol–water partition coefficient (Wildman–Crippen LogP) is 4.62. The van der Waals surface area contributed by atoms with Crippen LogP contribution in [0.2, 0.25) is 0 Å². The quantitative estimate of drug-likeness (QED) is 0.378. The first kappa shape index (κ1) is 24.3. The average molecular weight is 547 g/mol. The molecule has 0 aliphatic rings. The van der Waals surface area contributed by atoms with Gasteiger partial charge in [0.15, 0.2) is 0 Å². The minimum absolute atomic E-state index is 0.0443. The van der Waals surface area contributed by atoms with Crippen LogP contribution in [-0.4, -0.2) is 31.6 Å². The van der Waals surface area contributed by atoms with E-state index in [-0.39, 0.29) is 28.6 Å². The standard InChI is InChI=1S/C23H18BrF3N6O2/c1-11-20(12(2)33(32-11)10-15-5-3-13(9-29-15)21(28)34)31-22(35)17-8-19(23(25,26)27)30-18-6-4-14(24)7-16(17)18/h3-9H,10H2,1-2H3,(H2,28,34)(H,31,35). The van der Waals surface area contributed by atoms with E-state index in [2.05, 4.69) is 36.3 Å². The Labute approximate surface area is 205 Å². The molecule has 3 N–H and O–H groups in total. The summed E-state index contributed by atoms with van der Waals surface area (Å²) in [6.07, 6.45) is -3.36. The molecule has 0 aliphatic heterocycles. The number of halogens is 4. The summed E-state index contributed by atoms with van der Waals surface area (Å²) < 4.78 is 42.5. The highest BCUT2D eigenvalue weighted by molar-refractivity contribution is 9.10. The number of pyridine rings is 2. The number of aryl methyl sites for hydroxylation is 1. The van der Waals surface area contributed by atoms with Crippen molar-refractivity contribution in [1.82, 2.24) is 19.7 Å². The zero-order chi connectivity index (χ0) is 25.5. The minimum Gasteiger partial charge on any atom is -0.366 e. The number of nitrogens with zero attached hydrogens (tertiary/aromatic N) is 4. The maximum Gasteiger partial charge on any atom is 0.433 e. The molecule has 3 aromatic heterocycles. The van der Waals surface area contributed by atoms with Gasteiger partial charge in [-0.25, -0.2) is 4.98 Å². The number of alkyl halides is 3. The fraction of sp³-hybridized carbons (Fsp3) is 0.174. The lowest BCUT2D eigenvalue weighted by Crippen LogP contribution is -2.17. The number of rotatable bonds is 5. The Morgan fingerprint density at radius 3 is 2.51 bits per heavy atom. The highest BCUT2D eigenvalue weighted by Crippen LogP contribution is 2.32. The molecular formula is C23H18BrF3N6O2. The molecular weight excluding hydrogens is 529 g/mol. The van der Waals surface area contributed by atoms with Gasteiger partial charge in [0.1, 0.15) is 5.69 Å². The van der Waals surface area contributed by atoms with Crippen LogP contribution in [-0.2, 0) is 12.7 Å². The molecule has 0 fully saturated rings. The average Bonchev–Trinajstić information content (AvgIpc) is 3.05. The van der Waals surface area contributed by atoms with Gasteiger partial charge in [-0.3, -0.25) is 19.3 Å². The van der Waals surface area contributed by atoms with Crippen molar-refractivity contribution in [3.05, 3.63) is 81.0 Å². The van der Waals surface area contributed by atoms with E-state index in [1.54, 1.807) is 42.8 Å². The molecule has 4 aromatic rings. The Balaban J connectivity index is 1.67. The number of carbonyl (C=O) groups excluding carboxylic acids is 2. The Morgan fingerprint density at radius 2 is 1.89 bits per heavy atom. The second kappa shape index (κ2) is 9.10. The molecule has 0 aliphatic carbocycles. The summed E-state index contributed by atoms with van der Waals surface area (Å²) in [5.41, 5.74) is 6.23. The van der Waals surface area contributed by atoms with E-state index < -0.39 is 23.7 Å². The smallest absolute Gasteiger partial charge is 0.366 e. The van der Waals surface area contributed by atoms with E-state index in [4.69, 9.17) is 5.73 Å². The summed E-state index contributed by atoms with van der Waals surface area (Å²) >= 11 is 3.28. The zero-order valence-electron chi connectivity index (χ0n) is 18.4. The number of fused-ring (bicyclic) bond motifs is 1. The second-order valence-electron chi connectivity index (χ2n) is 7.77. The van der Waals surface area contributed by atoms with Crippen LogP contribution in [0.15, 0.2) is 47.1 Å². The third kappa shape index (κ3) is 5.02. The molecule has 3 heterocycles. The Hall–Kier alpha value is -3.80. The number of primary amides is 1. The van der Waals surface area contributed by atoms with Gasteiger partial charge in [0, 0.05) is 16.1 Å². The zero-order valence-corrected chi connectivity index (χ0v) is 20.0. The molecule has 0 bridgehead atoms. The van der Waals surface area contributed by atoms with Gasteiger partial charge in [-0.2, -0.15) is 18.3 Å². The van der Waals surface area contributed by atoms with Crippen LogP contribution >= 0.6 is 15.9 Å². The van der Waals surface area contributed by atoms with Crippen LogP contribution in [0.5, 0.6) is 0 Å². The number of benzene rings is 1. The lowest BCUT2D eigenvalue weighted by Gasteiger charge is -2.13. The van der Waals surface area contributed by atoms with Crippen molar-refractivity contribution < 1.29 is 22.8 Å². The Kier molecular flexibility index (Phi) is 6.32. The summed E-state index contributed by atoms with van der Waals surface area (Å²) in [7, 11) is 0. The van der Waals surface area contributed by atoms with Crippen molar-refractivity contribution in [2.75, 3.05) is 5.32 Å². The van der Waals surface area contributed by atoms with E-state index in [1.807, 2.05) is 0 Å². The normalized spacial score (nSPS) is 11.6. The number of hydrogen-bond donors (Lipinski definition) is 2. The number of nitrogens with one attached hydrogen (secondary N) is 1. The van der Waals surface area contributed by atoms with Crippen LogP contribution < -0.4 is 11.1 Å². The monoisotopic (exact) mass is 546 g/mol. The molecule has 0 saturated carbocycles. The number of nitrogens with two attached hydrogens (primary N) is 1. The topological polar surface area (TPSA) is 116 Å². The second-order valence-corrected chi connectivity index (χ2v) is 8.69. The lowest BCUT2D eigenvalue weighted by atomic mass is 10.1. The van der Waals surface area contributed by atoms with Crippen molar-refractivity contribution in [1.29, 1.82) is 0 Å². The summed E-state index contributed by atoms with van der Waals surface area (Å²) in [4.78, 5) is 32.3. The van der Waals surface area contributed by atoms with E-state index in [1.165, 1.54) is 12.3 Å². The SMILES string of the molecule is Cc1nn(Cc2ccc(C(N)=O)cn2)c(C)c1NC(=O)c1cc(C(F)(F)F)nc2ccc(Br)cc12. The molecule has 2 amide bonds. The van der Waals surface area contributed by atoms with Crippen LogP contribution in [0.4, 0.5) is 18.9 Å². The first-order valence-corrected chi connectivity index (χ1v) is 11.0. The van der Waals surface area contributed by atoms with Crippen molar-refractivity contribution in [3.63, 3.8) is 0 Å². The van der Waals surface area contributed by atoms with E-state index in [0.29, 0.717) is 27.2 Å². The van der Waals surface area contributed by atoms with E-state index in [9.17, 15) is 22.8 Å². The van der Waals surface area contributed by atoms with Gasteiger partial charge < -0.3 is 11.1 Å². The fourth-order valence-electron chi connectivity index (χ4n) is 3.56. The lowest BCUT2D eigenvalue weighted by molar-refractivity contribution is -0.140. The Bertz CT molecular complexity index is 1470. The van der Waals surface area contributed by atoms with Crippen LogP contribution in [0.3, 0.4) is 0 Å². The van der Waals surface area contributed by atoms with Crippen molar-refractivity contribution in [2.45, 2.75) is 26.6 Å². The molecule has 12 heteroatoms. The van der Waals surface area contributed by atoms with Gasteiger partial charge in [-0.05, 0) is 50.2 Å². The summed E-state index contributed by atoms with van der Waals surface area (Å²) in [6, 6.07) is 8.43. The molecule has 0 atom stereocenters. The minimum atomic E-state index is -4.72. The maximum absolute atomic E-state index is 13.4. The molecule has 0 saturated heterocycles. The van der Waals surface area contributed by atoms with Gasteiger partial charge in [-0.15, -0.1) is 0 Å². The highest BCUT2D eigenvalue weighted by atomic mass is 79.9. The molecule has 180 valence electrons. The van der Waals surface area contributed by atoms with E-state index in [0.717, 1.165) is 6.07 Å². The molecule has 0 unspecified atom stereocenters. The molecule has 0 radical (unpaired) electrons. The summed E-state index contributed by atoms with van der Waals surface area (Å²) in [5, 5.41) is 7.38. The van der Waals surface area contributed by atoms with E-state index >= 15 is 0 Å². The highest BCUT2D eigenvalue weighted by Gasteiger charge is 2.34. The first-order chi connectivity index (χ1) is 16.4. The van der Waals surface area contributed by atoms with Crippen LogP contribution in [0.25, 0.3) is 10.9 Å². The van der Waals surface area contributed by atoms with Gasteiger partial charge in [0.2, 0.25) is 5.91 Å². The fourth-order valence-corrected chi connectivity index (χ4v) is 3.92. The number of carbonyl (C=O) groups is 2. The third-order valence-electron chi connectivity index (χ3n) is 5.35. The first-order valence-electron chi connectivity index (χ1n) is 10.2. The van der Waals surface area contributed by atoms with Crippen LogP contribution in [0, 0.1) is 13.8 Å². The van der Waals surface area contributed by atoms with Crippen molar-refractivity contribution >= 4 is 44.3 Å². The van der Waals surface area contributed by atoms with Gasteiger partial charge in [-0.1, -0.05) is 15.9 Å². The number of aromatic nitrogens is 4. The molecule has 0 spiro atoms.